The van der Waals surface area contributed by atoms with Gasteiger partial charge in [0.25, 0.3) is 0 Å². The fraction of sp³-hybridized carbons (Fsp3) is 0.400. The molecule has 0 aromatic rings. The SMILES string of the molecule is C=C(C)C(=O)O.C=C(C)C(=O)O.O=P(O)(O)O.OCCO. The summed E-state index contributed by atoms with van der Waals surface area (Å²) in [7, 11) is -4.64. The van der Waals surface area contributed by atoms with E-state index in [1.807, 2.05) is 0 Å². The molecule has 10 nitrogen and oxygen atoms in total. The molecule has 0 saturated carbocycles. The van der Waals surface area contributed by atoms with Gasteiger partial charge in [-0.2, -0.15) is 0 Å². The van der Waals surface area contributed by atoms with E-state index in [0.717, 1.165) is 0 Å². The summed E-state index contributed by atoms with van der Waals surface area (Å²) in [6, 6.07) is 0. The van der Waals surface area contributed by atoms with Crippen molar-refractivity contribution in [3.8, 4) is 0 Å². The van der Waals surface area contributed by atoms with Crippen LogP contribution in [0.15, 0.2) is 24.3 Å². The standard InChI is InChI=1S/2C4H6O2.C2H6O2.H3O4P/c2*1-3(2)4(5)6;3-1-2-4;1-5(2,3)4/h2*1H2,2H3,(H,5,6);3-4H,1-2H2;(H3,1,2,3,4). The number of hydrogen-bond acceptors (Lipinski definition) is 5. The molecule has 0 heterocycles. The van der Waals surface area contributed by atoms with E-state index in [9.17, 15) is 9.59 Å². The number of carbonyl (C=O) groups is 2. The highest BCUT2D eigenvalue weighted by Crippen LogP contribution is 2.25. The number of aliphatic carboxylic acids is 2. The predicted molar refractivity (Wildman–Crippen MR) is 73.3 cm³/mol. The molecule has 0 aromatic heterocycles. The van der Waals surface area contributed by atoms with Crippen LogP contribution < -0.4 is 0 Å². The van der Waals surface area contributed by atoms with E-state index >= 15 is 0 Å². The highest BCUT2D eigenvalue weighted by atomic mass is 31.2. The van der Waals surface area contributed by atoms with Crippen molar-refractivity contribution in [2.45, 2.75) is 13.8 Å². The van der Waals surface area contributed by atoms with Crippen LogP contribution in [0.2, 0.25) is 0 Å². The molecule has 0 amide bonds. The molecule has 0 radical (unpaired) electrons. The van der Waals surface area contributed by atoms with Crippen molar-refractivity contribution in [1.29, 1.82) is 0 Å². The lowest BCUT2D eigenvalue weighted by atomic mass is 10.4. The first kappa shape index (κ1) is 27.7. The summed E-state index contributed by atoms with van der Waals surface area (Å²) in [5.41, 5.74) is 0.352. The second kappa shape index (κ2) is 16.5. The Morgan fingerprint density at radius 2 is 0.952 bits per heavy atom. The van der Waals surface area contributed by atoms with Crippen molar-refractivity contribution in [2.75, 3.05) is 13.2 Å². The average Bonchev–Trinajstić information content (AvgIpc) is 2.27. The van der Waals surface area contributed by atoms with E-state index in [1.165, 1.54) is 13.8 Å². The number of aliphatic hydroxyl groups excluding tert-OH is 2. The number of carboxylic acids is 2. The van der Waals surface area contributed by atoms with Crippen LogP contribution in [0, 0.1) is 0 Å². The first-order chi connectivity index (χ1) is 9.20. The van der Waals surface area contributed by atoms with Gasteiger partial charge >= 0.3 is 19.8 Å². The molecule has 0 spiro atoms. The van der Waals surface area contributed by atoms with Crippen molar-refractivity contribution < 1.29 is 49.3 Å². The van der Waals surface area contributed by atoms with Crippen LogP contribution in [0.5, 0.6) is 0 Å². The van der Waals surface area contributed by atoms with E-state index in [-0.39, 0.29) is 24.4 Å². The number of hydrogen-bond donors (Lipinski definition) is 7. The maximum Gasteiger partial charge on any atom is 0.466 e. The fourth-order valence-corrected chi connectivity index (χ4v) is 0. The Hall–Kier alpha value is -1.55. The van der Waals surface area contributed by atoms with Crippen molar-refractivity contribution >= 4 is 19.8 Å². The Balaban J connectivity index is -0.0000000929. The lowest BCUT2D eigenvalue weighted by molar-refractivity contribution is -0.133. The predicted octanol–water partition coefficient (Wildman–Crippen LogP) is -0.663. The fourth-order valence-electron chi connectivity index (χ4n) is 0. The number of aliphatic hydroxyl groups is 2. The summed E-state index contributed by atoms with van der Waals surface area (Å²) < 4.78 is 8.88. The summed E-state index contributed by atoms with van der Waals surface area (Å²) >= 11 is 0. The third-order valence-corrected chi connectivity index (χ3v) is 0.830. The molecule has 0 aromatic carbocycles. The molecule has 0 aliphatic heterocycles. The minimum Gasteiger partial charge on any atom is -0.478 e. The average molecular weight is 332 g/mol. The molecule has 0 saturated heterocycles. The van der Waals surface area contributed by atoms with Crippen molar-refractivity contribution in [3.63, 3.8) is 0 Å². The molecule has 0 rings (SSSR count). The van der Waals surface area contributed by atoms with Crippen LogP contribution in [-0.4, -0.2) is 60.3 Å². The van der Waals surface area contributed by atoms with Crippen molar-refractivity contribution in [3.05, 3.63) is 24.3 Å². The Morgan fingerprint density at radius 3 is 0.952 bits per heavy atom. The highest BCUT2D eigenvalue weighted by Gasteiger charge is 2.00. The van der Waals surface area contributed by atoms with Gasteiger partial charge in [-0.1, -0.05) is 13.2 Å². The normalized spacial score (nSPS) is 8.52. The van der Waals surface area contributed by atoms with E-state index in [0.29, 0.717) is 0 Å². The Bertz CT molecular complexity index is 312. The molecule has 21 heavy (non-hydrogen) atoms. The van der Waals surface area contributed by atoms with E-state index in [2.05, 4.69) is 13.2 Å². The Morgan fingerprint density at radius 1 is 0.857 bits per heavy atom. The minimum absolute atomic E-state index is 0.125. The smallest absolute Gasteiger partial charge is 0.466 e. The zero-order valence-electron chi connectivity index (χ0n) is 11.6. The van der Waals surface area contributed by atoms with Crippen molar-refractivity contribution in [1.82, 2.24) is 0 Å². The third kappa shape index (κ3) is 90.0. The van der Waals surface area contributed by atoms with Gasteiger partial charge in [-0.3, -0.25) is 0 Å². The molecule has 0 unspecified atom stereocenters. The summed E-state index contributed by atoms with van der Waals surface area (Å²) in [6.07, 6.45) is 0. The summed E-state index contributed by atoms with van der Waals surface area (Å²) in [4.78, 5) is 40.8. The van der Waals surface area contributed by atoms with E-state index in [4.69, 9.17) is 39.7 Å². The van der Waals surface area contributed by atoms with Gasteiger partial charge in [0.15, 0.2) is 0 Å². The van der Waals surface area contributed by atoms with Gasteiger partial charge in [0.1, 0.15) is 0 Å². The second-order valence-corrected chi connectivity index (χ2v) is 4.16. The number of carboxylic acid groups (broad SMARTS) is 2. The van der Waals surface area contributed by atoms with E-state index < -0.39 is 19.8 Å². The van der Waals surface area contributed by atoms with Crippen LogP contribution in [0.25, 0.3) is 0 Å². The van der Waals surface area contributed by atoms with Gasteiger partial charge in [0, 0.05) is 11.1 Å². The molecular weight excluding hydrogens is 311 g/mol. The maximum absolute atomic E-state index is 9.60. The molecular formula is C10H21O10P. The first-order valence-corrected chi connectivity index (χ1v) is 6.54. The van der Waals surface area contributed by atoms with Gasteiger partial charge in [-0.25, -0.2) is 14.2 Å². The van der Waals surface area contributed by atoms with Gasteiger partial charge in [0.05, 0.1) is 13.2 Å². The molecule has 126 valence electrons. The van der Waals surface area contributed by atoms with Gasteiger partial charge < -0.3 is 35.1 Å². The molecule has 0 aliphatic rings. The first-order valence-electron chi connectivity index (χ1n) is 4.98. The zero-order chi connectivity index (χ0) is 18.2. The monoisotopic (exact) mass is 332 g/mol. The minimum atomic E-state index is -4.64. The molecule has 0 fully saturated rings. The maximum atomic E-state index is 9.60. The molecule has 0 aliphatic carbocycles. The third-order valence-electron chi connectivity index (χ3n) is 0.830. The summed E-state index contributed by atoms with van der Waals surface area (Å²) in [6.45, 7) is 8.95. The van der Waals surface area contributed by atoms with Crippen molar-refractivity contribution in [2.24, 2.45) is 0 Å². The highest BCUT2D eigenvalue weighted by molar-refractivity contribution is 7.45. The topological polar surface area (TPSA) is 193 Å². The van der Waals surface area contributed by atoms with E-state index in [1.54, 1.807) is 0 Å². The molecule has 0 bridgehead atoms. The quantitative estimate of drug-likeness (QED) is 0.257. The van der Waals surface area contributed by atoms with Crippen LogP contribution in [0.3, 0.4) is 0 Å². The molecule has 7 N–H and O–H groups in total. The number of phosphoric acid groups is 1. The lowest BCUT2D eigenvalue weighted by Crippen LogP contribution is -1.92. The van der Waals surface area contributed by atoms with Gasteiger partial charge in [0.2, 0.25) is 0 Å². The van der Waals surface area contributed by atoms with Gasteiger partial charge in [-0.05, 0) is 13.8 Å². The molecule has 0 atom stereocenters. The van der Waals surface area contributed by atoms with Gasteiger partial charge in [-0.15, -0.1) is 0 Å². The Kier molecular flexibility index (Phi) is 21.8. The second-order valence-electron chi connectivity index (χ2n) is 3.13. The largest absolute Gasteiger partial charge is 0.478 e. The van der Waals surface area contributed by atoms with Crippen LogP contribution in [0.4, 0.5) is 0 Å². The number of rotatable bonds is 3. The van der Waals surface area contributed by atoms with Crippen LogP contribution in [0.1, 0.15) is 13.8 Å². The molecule has 11 heteroatoms. The van der Waals surface area contributed by atoms with Crippen LogP contribution in [-0.2, 0) is 14.2 Å². The lowest BCUT2D eigenvalue weighted by Gasteiger charge is -1.82. The summed E-state index contributed by atoms with van der Waals surface area (Å²) in [5, 5.41) is 31.0. The summed E-state index contributed by atoms with van der Waals surface area (Å²) in [5.74, 6) is -1.87. The zero-order valence-corrected chi connectivity index (χ0v) is 12.5. The Labute approximate surface area is 121 Å². The van der Waals surface area contributed by atoms with Crippen LogP contribution >= 0.6 is 7.82 Å².